The summed E-state index contributed by atoms with van der Waals surface area (Å²) in [5.41, 5.74) is 0.980. The van der Waals surface area contributed by atoms with Crippen molar-refractivity contribution in [2.75, 3.05) is 24.9 Å². The lowest BCUT2D eigenvalue weighted by Crippen LogP contribution is -2.14. The Morgan fingerprint density at radius 3 is 2.63 bits per heavy atom. The molecule has 1 amide bonds. The SMILES string of the molecule is COC(=O)CCC(=O)Nc1cc2c(Nc3ccc(F)c(Cl)c3)nccc2cc1OC. The Morgan fingerprint density at radius 2 is 1.93 bits per heavy atom. The molecule has 0 bridgehead atoms. The number of aromatic nitrogens is 1. The van der Waals surface area contributed by atoms with E-state index in [9.17, 15) is 14.0 Å². The first-order chi connectivity index (χ1) is 14.4. The summed E-state index contributed by atoms with van der Waals surface area (Å²) in [6, 6.07) is 9.52. The van der Waals surface area contributed by atoms with E-state index in [4.69, 9.17) is 16.3 Å². The van der Waals surface area contributed by atoms with Crippen LogP contribution >= 0.6 is 11.6 Å². The first kappa shape index (κ1) is 21.3. The first-order valence-electron chi connectivity index (χ1n) is 8.96. The van der Waals surface area contributed by atoms with Crippen LogP contribution < -0.4 is 15.4 Å². The van der Waals surface area contributed by atoms with Crippen molar-refractivity contribution >= 4 is 51.4 Å². The Labute approximate surface area is 177 Å². The van der Waals surface area contributed by atoms with Gasteiger partial charge in [0.2, 0.25) is 5.91 Å². The van der Waals surface area contributed by atoms with Crippen LogP contribution in [0.3, 0.4) is 0 Å². The van der Waals surface area contributed by atoms with Gasteiger partial charge in [-0.05, 0) is 41.8 Å². The molecule has 0 spiro atoms. The van der Waals surface area contributed by atoms with E-state index < -0.39 is 11.8 Å². The van der Waals surface area contributed by atoms with E-state index in [1.807, 2.05) is 0 Å². The van der Waals surface area contributed by atoms with Gasteiger partial charge in [-0.2, -0.15) is 0 Å². The van der Waals surface area contributed by atoms with E-state index in [1.165, 1.54) is 26.4 Å². The highest BCUT2D eigenvalue weighted by molar-refractivity contribution is 6.31. The minimum absolute atomic E-state index is 0.0135. The Bertz CT molecular complexity index is 1110. The molecule has 2 N–H and O–H groups in total. The number of benzene rings is 2. The Morgan fingerprint density at radius 1 is 1.13 bits per heavy atom. The molecule has 0 saturated carbocycles. The number of ether oxygens (including phenoxy) is 2. The highest BCUT2D eigenvalue weighted by Crippen LogP contribution is 2.34. The second kappa shape index (κ2) is 9.41. The zero-order chi connectivity index (χ0) is 21.7. The number of rotatable bonds is 7. The summed E-state index contributed by atoms with van der Waals surface area (Å²) < 4.78 is 23.4. The van der Waals surface area contributed by atoms with E-state index in [0.29, 0.717) is 28.3 Å². The first-order valence-corrected chi connectivity index (χ1v) is 9.34. The lowest BCUT2D eigenvalue weighted by Gasteiger charge is -2.14. The van der Waals surface area contributed by atoms with Crippen molar-refractivity contribution < 1.29 is 23.5 Å². The number of hydrogen-bond donors (Lipinski definition) is 2. The molecule has 0 radical (unpaired) electrons. The fourth-order valence-electron chi connectivity index (χ4n) is 2.81. The van der Waals surface area contributed by atoms with Crippen molar-refractivity contribution in [1.82, 2.24) is 4.98 Å². The fourth-order valence-corrected chi connectivity index (χ4v) is 2.99. The Hall–Kier alpha value is -3.39. The normalized spacial score (nSPS) is 10.5. The average molecular weight is 432 g/mol. The van der Waals surface area contributed by atoms with Crippen LogP contribution in [-0.2, 0) is 14.3 Å². The van der Waals surface area contributed by atoms with Crippen molar-refractivity contribution in [3.63, 3.8) is 0 Å². The predicted octanol–water partition coefficient (Wildman–Crippen LogP) is 4.67. The van der Waals surface area contributed by atoms with Crippen LogP contribution in [0.25, 0.3) is 10.8 Å². The van der Waals surface area contributed by atoms with Gasteiger partial charge in [0.25, 0.3) is 0 Å². The summed E-state index contributed by atoms with van der Waals surface area (Å²) in [6.45, 7) is 0. The van der Waals surface area contributed by atoms with Crippen molar-refractivity contribution in [2.45, 2.75) is 12.8 Å². The number of carbonyl (C=O) groups is 2. The van der Waals surface area contributed by atoms with Gasteiger partial charge in [-0.3, -0.25) is 9.59 Å². The molecule has 0 aliphatic heterocycles. The molecular weight excluding hydrogens is 413 g/mol. The summed E-state index contributed by atoms with van der Waals surface area (Å²) in [6.07, 6.45) is 1.56. The number of anilines is 3. The van der Waals surface area contributed by atoms with Crippen molar-refractivity contribution in [3.05, 3.63) is 53.4 Å². The minimum Gasteiger partial charge on any atom is -0.495 e. The molecule has 9 heteroatoms. The molecule has 3 aromatic rings. The molecular formula is C21H19ClFN3O4. The van der Waals surface area contributed by atoms with Gasteiger partial charge >= 0.3 is 5.97 Å². The van der Waals surface area contributed by atoms with E-state index in [0.717, 1.165) is 5.39 Å². The number of methoxy groups -OCH3 is 2. The lowest BCUT2D eigenvalue weighted by atomic mass is 10.1. The lowest BCUT2D eigenvalue weighted by molar-refractivity contribution is -0.141. The molecule has 0 aliphatic rings. The number of halogens is 2. The minimum atomic E-state index is -0.519. The van der Waals surface area contributed by atoms with Crippen molar-refractivity contribution in [3.8, 4) is 5.75 Å². The zero-order valence-electron chi connectivity index (χ0n) is 16.3. The van der Waals surface area contributed by atoms with Gasteiger partial charge in [0, 0.05) is 23.7 Å². The number of fused-ring (bicyclic) bond motifs is 1. The van der Waals surface area contributed by atoms with Crippen molar-refractivity contribution in [2.24, 2.45) is 0 Å². The highest BCUT2D eigenvalue weighted by Gasteiger charge is 2.14. The summed E-state index contributed by atoms with van der Waals surface area (Å²) in [5.74, 6) is -0.403. The molecule has 3 rings (SSSR count). The van der Waals surface area contributed by atoms with Crippen LogP contribution in [0, 0.1) is 5.82 Å². The van der Waals surface area contributed by atoms with Gasteiger partial charge in [0.15, 0.2) is 0 Å². The number of nitrogens with zero attached hydrogens (tertiary/aromatic N) is 1. The molecule has 1 aromatic heterocycles. The fraction of sp³-hybridized carbons (Fsp3) is 0.190. The van der Waals surface area contributed by atoms with Crippen LogP contribution in [0.5, 0.6) is 5.75 Å². The third-order valence-corrected chi connectivity index (χ3v) is 4.61. The van der Waals surface area contributed by atoms with Crippen LogP contribution in [-0.4, -0.2) is 31.1 Å². The van der Waals surface area contributed by atoms with E-state index >= 15 is 0 Å². The zero-order valence-corrected chi connectivity index (χ0v) is 17.0. The van der Waals surface area contributed by atoms with E-state index in [1.54, 1.807) is 30.5 Å². The number of carbonyl (C=O) groups excluding carboxylic acids is 2. The molecule has 0 aliphatic carbocycles. The summed E-state index contributed by atoms with van der Waals surface area (Å²) in [5, 5.41) is 7.34. The molecule has 1 heterocycles. The molecule has 0 unspecified atom stereocenters. The van der Waals surface area contributed by atoms with E-state index in [-0.39, 0.29) is 23.8 Å². The summed E-state index contributed by atoms with van der Waals surface area (Å²) in [4.78, 5) is 27.8. The molecule has 7 nitrogen and oxygen atoms in total. The van der Waals surface area contributed by atoms with Crippen molar-refractivity contribution in [1.29, 1.82) is 0 Å². The molecule has 0 atom stereocenters. The van der Waals surface area contributed by atoms with Gasteiger partial charge in [-0.1, -0.05) is 11.6 Å². The second-order valence-corrected chi connectivity index (χ2v) is 6.72. The maximum absolute atomic E-state index is 13.4. The standard InChI is InChI=1S/C21H19ClFN3O4/c1-29-18-9-12-7-8-24-21(25-13-3-4-16(23)15(22)10-13)14(12)11-17(18)26-19(27)5-6-20(28)30-2/h3-4,7-11H,5-6H2,1-2H3,(H,24,25)(H,26,27). The quantitative estimate of drug-likeness (QED) is 0.528. The molecule has 0 fully saturated rings. The van der Waals surface area contributed by atoms with E-state index in [2.05, 4.69) is 20.4 Å². The Kier molecular flexibility index (Phi) is 6.68. The number of amides is 1. The number of nitrogens with one attached hydrogen (secondary N) is 2. The maximum atomic E-state index is 13.4. The molecule has 156 valence electrons. The summed E-state index contributed by atoms with van der Waals surface area (Å²) in [7, 11) is 2.76. The van der Waals surface area contributed by atoms with Gasteiger partial charge in [0.05, 0.1) is 31.4 Å². The topological polar surface area (TPSA) is 89.6 Å². The Balaban J connectivity index is 1.92. The third kappa shape index (κ3) is 4.96. The maximum Gasteiger partial charge on any atom is 0.306 e. The average Bonchev–Trinajstić information content (AvgIpc) is 2.74. The largest absolute Gasteiger partial charge is 0.495 e. The molecule has 0 saturated heterocycles. The number of hydrogen-bond acceptors (Lipinski definition) is 6. The van der Waals surface area contributed by atoms with Gasteiger partial charge in [0.1, 0.15) is 17.4 Å². The van der Waals surface area contributed by atoms with Crippen LogP contribution in [0.1, 0.15) is 12.8 Å². The predicted molar refractivity (Wildman–Crippen MR) is 113 cm³/mol. The van der Waals surface area contributed by atoms with Gasteiger partial charge < -0.3 is 20.1 Å². The van der Waals surface area contributed by atoms with Gasteiger partial charge in [-0.25, -0.2) is 9.37 Å². The number of esters is 1. The van der Waals surface area contributed by atoms with Crippen LogP contribution in [0.2, 0.25) is 5.02 Å². The molecule has 30 heavy (non-hydrogen) atoms. The second-order valence-electron chi connectivity index (χ2n) is 6.31. The highest BCUT2D eigenvalue weighted by atomic mass is 35.5. The number of pyridine rings is 1. The van der Waals surface area contributed by atoms with Gasteiger partial charge in [-0.15, -0.1) is 0 Å². The molecule has 2 aromatic carbocycles. The smallest absolute Gasteiger partial charge is 0.306 e. The van der Waals surface area contributed by atoms with Crippen LogP contribution in [0.4, 0.5) is 21.6 Å². The third-order valence-electron chi connectivity index (χ3n) is 4.32. The van der Waals surface area contributed by atoms with Crippen LogP contribution in [0.15, 0.2) is 42.6 Å². The summed E-state index contributed by atoms with van der Waals surface area (Å²) >= 11 is 5.85. The monoisotopic (exact) mass is 431 g/mol.